The second-order valence-corrected chi connectivity index (χ2v) is 9.86. The van der Waals surface area contributed by atoms with E-state index in [-0.39, 0.29) is 12.2 Å². The van der Waals surface area contributed by atoms with Crippen molar-refractivity contribution >= 4 is 20.0 Å². The molecule has 1 unspecified atom stereocenters. The molecule has 0 bridgehead atoms. The topological polar surface area (TPSA) is 63.6 Å². The van der Waals surface area contributed by atoms with Gasteiger partial charge in [0.15, 0.2) is 0 Å². The molecule has 1 atom stereocenters. The van der Waals surface area contributed by atoms with Crippen molar-refractivity contribution in [3.8, 4) is 0 Å². The molecule has 0 saturated heterocycles. The van der Waals surface area contributed by atoms with Crippen LogP contribution in [0.3, 0.4) is 0 Å². The Kier molecular flexibility index (Phi) is 6.91. The summed E-state index contributed by atoms with van der Waals surface area (Å²) in [7, 11) is -2.06. The Balaban J connectivity index is 5.36. The van der Waals surface area contributed by atoms with E-state index >= 15 is 0 Å². The maximum Gasteiger partial charge on any atom is 0.333 e. The van der Waals surface area contributed by atoms with E-state index in [9.17, 15) is 14.7 Å². The van der Waals surface area contributed by atoms with Gasteiger partial charge in [-0.25, -0.2) is 4.79 Å². The highest BCUT2D eigenvalue weighted by molar-refractivity contribution is 6.84. The molecule has 0 aliphatic heterocycles. The Morgan fingerprint density at radius 1 is 1.17 bits per heavy atom. The first kappa shape index (κ1) is 16.9. The van der Waals surface area contributed by atoms with Crippen molar-refractivity contribution in [2.75, 3.05) is 6.61 Å². The van der Waals surface area contributed by atoms with Crippen molar-refractivity contribution in [3.05, 3.63) is 12.2 Å². The van der Waals surface area contributed by atoms with Gasteiger partial charge in [0.05, 0.1) is 20.2 Å². The summed E-state index contributed by atoms with van der Waals surface area (Å²) in [6.07, 6.45) is 0. The van der Waals surface area contributed by atoms with Gasteiger partial charge in [0.1, 0.15) is 0 Å². The number of esters is 1. The molecule has 0 aromatic rings. The Morgan fingerprint density at radius 3 is 1.89 bits per heavy atom. The zero-order valence-corrected chi connectivity index (χ0v) is 12.8. The molecule has 0 heterocycles. The highest BCUT2D eigenvalue weighted by atomic mass is 28.3. The van der Waals surface area contributed by atoms with E-state index in [0.717, 1.165) is 18.1 Å². The lowest BCUT2D eigenvalue weighted by atomic mass is 10.2. The predicted octanol–water partition coefficient (Wildman–Crippen LogP) is 3.07. The monoisotopic (exact) mass is 272 g/mol. The van der Waals surface area contributed by atoms with Crippen molar-refractivity contribution in [2.24, 2.45) is 0 Å². The summed E-state index contributed by atoms with van der Waals surface area (Å²) in [6.45, 7) is 11.6. The fraction of sp³-hybridized carbons (Fsp3) is 0.692. The normalized spacial score (nSPS) is 12.9. The molecule has 0 aliphatic rings. The van der Waals surface area contributed by atoms with Gasteiger partial charge in [0.2, 0.25) is 0 Å². The zero-order chi connectivity index (χ0) is 14.3. The molecule has 0 radical (unpaired) electrons. The Morgan fingerprint density at radius 2 is 1.61 bits per heavy atom. The number of carbonyl (C=O) groups is 2. The van der Waals surface area contributed by atoms with Crippen LogP contribution in [0.5, 0.6) is 0 Å². The summed E-state index contributed by atoms with van der Waals surface area (Å²) >= 11 is 0. The largest absolute Gasteiger partial charge is 0.481 e. The zero-order valence-electron chi connectivity index (χ0n) is 11.8. The highest BCUT2D eigenvalue weighted by Crippen LogP contribution is 2.38. The number of rotatable bonds is 8. The minimum atomic E-state index is -2.06. The van der Waals surface area contributed by atoms with E-state index in [1.165, 1.54) is 0 Å². The SMILES string of the molecule is C=C(C(=O)OCC)C(C(=O)O)[Si](CC)(CC)CC. The molecule has 18 heavy (non-hydrogen) atoms. The van der Waals surface area contributed by atoms with E-state index in [1.807, 2.05) is 20.8 Å². The van der Waals surface area contributed by atoms with Crippen LogP contribution in [0.2, 0.25) is 23.7 Å². The standard InChI is InChI=1S/C13H24O4Si/c1-6-17-13(16)10(5)11(12(14)15)18(7-2,8-3)9-4/h11H,5-9H2,1-4H3,(H,14,15). The van der Waals surface area contributed by atoms with Crippen LogP contribution in [-0.2, 0) is 14.3 Å². The van der Waals surface area contributed by atoms with Gasteiger partial charge in [0, 0.05) is 5.57 Å². The van der Waals surface area contributed by atoms with E-state index < -0.39 is 25.6 Å². The van der Waals surface area contributed by atoms with Crippen molar-refractivity contribution in [1.82, 2.24) is 0 Å². The molecule has 0 aromatic heterocycles. The van der Waals surface area contributed by atoms with Gasteiger partial charge >= 0.3 is 11.9 Å². The predicted molar refractivity (Wildman–Crippen MR) is 74.4 cm³/mol. The second kappa shape index (κ2) is 7.36. The number of hydrogen-bond donors (Lipinski definition) is 1. The molecule has 0 fully saturated rings. The van der Waals surface area contributed by atoms with Crippen LogP contribution in [0.4, 0.5) is 0 Å². The van der Waals surface area contributed by atoms with Crippen LogP contribution >= 0.6 is 0 Å². The molecule has 0 aromatic carbocycles. The number of ether oxygens (including phenoxy) is 1. The molecule has 0 spiro atoms. The first-order valence-corrected chi connectivity index (χ1v) is 9.18. The summed E-state index contributed by atoms with van der Waals surface area (Å²) in [6, 6.07) is 2.49. The molecule has 0 aliphatic carbocycles. The van der Waals surface area contributed by atoms with Crippen molar-refractivity contribution < 1.29 is 19.4 Å². The molecular weight excluding hydrogens is 248 g/mol. The fourth-order valence-electron chi connectivity index (χ4n) is 2.48. The van der Waals surface area contributed by atoms with Gasteiger partial charge < -0.3 is 9.84 Å². The average molecular weight is 272 g/mol. The average Bonchev–Trinajstić information content (AvgIpc) is 2.35. The van der Waals surface area contributed by atoms with E-state index in [4.69, 9.17) is 4.74 Å². The van der Waals surface area contributed by atoms with Gasteiger partial charge in [0.25, 0.3) is 0 Å². The Hall–Kier alpha value is -1.10. The van der Waals surface area contributed by atoms with E-state index in [1.54, 1.807) is 6.92 Å². The number of carbonyl (C=O) groups excluding carboxylic acids is 1. The number of carboxylic acid groups (broad SMARTS) is 1. The molecule has 0 rings (SSSR count). The van der Waals surface area contributed by atoms with Gasteiger partial charge in [-0.15, -0.1) is 0 Å². The third-order valence-corrected chi connectivity index (χ3v) is 9.90. The van der Waals surface area contributed by atoms with Crippen LogP contribution in [0, 0.1) is 0 Å². The lowest BCUT2D eigenvalue weighted by Crippen LogP contribution is -2.43. The first-order chi connectivity index (χ1) is 8.40. The molecule has 4 nitrogen and oxygen atoms in total. The Bertz CT molecular complexity index is 313. The molecule has 0 saturated carbocycles. The van der Waals surface area contributed by atoms with Crippen LogP contribution in [0.15, 0.2) is 12.2 Å². The second-order valence-electron chi connectivity index (χ2n) is 4.44. The molecule has 1 N–H and O–H groups in total. The first-order valence-electron chi connectivity index (χ1n) is 6.48. The van der Waals surface area contributed by atoms with Crippen molar-refractivity contribution in [2.45, 2.75) is 51.4 Å². The quantitative estimate of drug-likeness (QED) is 0.419. The van der Waals surface area contributed by atoms with Crippen molar-refractivity contribution in [3.63, 3.8) is 0 Å². The minimum absolute atomic E-state index is 0.113. The number of aliphatic carboxylic acids is 1. The molecule has 0 amide bonds. The van der Waals surface area contributed by atoms with Gasteiger partial charge in [-0.1, -0.05) is 45.5 Å². The summed E-state index contributed by atoms with van der Waals surface area (Å²) in [5.74, 6) is -1.51. The van der Waals surface area contributed by atoms with Crippen LogP contribution < -0.4 is 0 Å². The van der Waals surface area contributed by atoms with E-state index in [0.29, 0.717) is 0 Å². The molecular formula is C13H24O4Si. The maximum atomic E-state index is 11.7. The molecule has 5 heteroatoms. The van der Waals surface area contributed by atoms with E-state index in [2.05, 4.69) is 6.58 Å². The number of hydrogen-bond acceptors (Lipinski definition) is 3. The maximum absolute atomic E-state index is 11.7. The van der Waals surface area contributed by atoms with Crippen LogP contribution in [0.1, 0.15) is 27.7 Å². The van der Waals surface area contributed by atoms with Gasteiger partial charge in [-0.3, -0.25) is 4.79 Å². The summed E-state index contributed by atoms with van der Waals surface area (Å²) in [5.41, 5.74) is -0.627. The fourth-order valence-corrected chi connectivity index (χ4v) is 6.59. The summed E-state index contributed by atoms with van der Waals surface area (Å²) < 4.78 is 4.88. The lowest BCUT2D eigenvalue weighted by molar-refractivity contribution is -0.142. The third-order valence-electron chi connectivity index (χ3n) is 3.86. The van der Waals surface area contributed by atoms with Crippen LogP contribution in [-0.4, -0.2) is 31.7 Å². The van der Waals surface area contributed by atoms with Gasteiger partial charge in [-0.2, -0.15) is 0 Å². The smallest absolute Gasteiger partial charge is 0.333 e. The summed E-state index contributed by atoms with van der Waals surface area (Å²) in [4.78, 5) is 23.3. The van der Waals surface area contributed by atoms with Crippen molar-refractivity contribution in [1.29, 1.82) is 0 Å². The molecule has 104 valence electrons. The summed E-state index contributed by atoms with van der Waals surface area (Å²) in [5, 5.41) is 9.46. The van der Waals surface area contributed by atoms with Crippen LogP contribution in [0.25, 0.3) is 0 Å². The minimum Gasteiger partial charge on any atom is -0.481 e. The Labute approximate surface area is 110 Å². The number of carboxylic acids is 1. The third kappa shape index (κ3) is 3.45. The lowest BCUT2D eigenvalue weighted by Gasteiger charge is -2.34. The van der Waals surface area contributed by atoms with Gasteiger partial charge in [-0.05, 0) is 6.92 Å². The highest BCUT2D eigenvalue weighted by Gasteiger charge is 2.44.